The fourth-order valence-corrected chi connectivity index (χ4v) is 3.58. The summed E-state index contributed by atoms with van der Waals surface area (Å²) in [7, 11) is 0. The van der Waals surface area contributed by atoms with Crippen molar-refractivity contribution in [1.29, 1.82) is 0 Å². The summed E-state index contributed by atoms with van der Waals surface area (Å²) in [6, 6.07) is 7.73. The number of carbonyl (C=O) groups is 1. The number of aromatic nitrogens is 2. The molecule has 0 aliphatic carbocycles. The molecule has 0 saturated heterocycles. The average Bonchev–Trinajstić information content (AvgIpc) is 2.64. The summed E-state index contributed by atoms with van der Waals surface area (Å²) in [5, 5.41) is 10.7. The molecule has 0 saturated carbocycles. The number of nitrogens with one attached hydrogen (secondary N) is 2. The molecule has 3 rings (SSSR count). The third-order valence-corrected chi connectivity index (χ3v) is 4.55. The summed E-state index contributed by atoms with van der Waals surface area (Å²) >= 11 is 7.64. The van der Waals surface area contributed by atoms with Crippen molar-refractivity contribution in [2.24, 2.45) is 0 Å². The van der Waals surface area contributed by atoms with Crippen molar-refractivity contribution in [1.82, 2.24) is 10.2 Å². The van der Waals surface area contributed by atoms with E-state index < -0.39 is 0 Å². The van der Waals surface area contributed by atoms with Crippen molar-refractivity contribution in [2.45, 2.75) is 12.2 Å². The first-order valence-electron chi connectivity index (χ1n) is 5.87. The van der Waals surface area contributed by atoms with E-state index >= 15 is 0 Å². The predicted molar refractivity (Wildman–Crippen MR) is 77.7 cm³/mol. The fraction of sp³-hybridized carbons (Fsp3) is 0.231. The highest BCUT2D eigenvalue weighted by atomic mass is 35.5. The van der Waals surface area contributed by atoms with E-state index in [2.05, 4.69) is 15.5 Å². The van der Waals surface area contributed by atoms with Crippen LogP contribution in [0.1, 0.15) is 22.1 Å². The Morgan fingerprint density at radius 3 is 3.11 bits per heavy atom. The normalized spacial score (nSPS) is 18.6. The van der Waals surface area contributed by atoms with Crippen molar-refractivity contribution < 1.29 is 4.79 Å². The molecule has 4 nitrogen and oxygen atoms in total. The molecule has 1 amide bonds. The Bertz CT molecular complexity index is 641. The second-order valence-electron chi connectivity index (χ2n) is 4.41. The maximum atomic E-state index is 11.7. The van der Waals surface area contributed by atoms with Crippen molar-refractivity contribution in [3.05, 3.63) is 46.1 Å². The number of anilines is 1. The van der Waals surface area contributed by atoms with Gasteiger partial charge in [0.1, 0.15) is 0 Å². The highest BCUT2D eigenvalue weighted by Crippen LogP contribution is 2.42. The molecule has 1 atom stereocenters. The van der Waals surface area contributed by atoms with E-state index in [-0.39, 0.29) is 11.2 Å². The first-order chi connectivity index (χ1) is 9.15. The lowest BCUT2D eigenvalue weighted by atomic mass is 10.0. The minimum absolute atomic E-state index is 0.0257. The van der Waals surface area contributed by atoms with Gasteiger partial charge in [0, 0.05) is 16.3 Å². The molecule has 0 radical (unpaired) electrons. The zero-order valence-electron chi connectivity index (χ0n) is 10.2. The topological polar surface area (TPSA) is 57.8 Å². The van der Waals surface area contributed by atoms with Gasteiger partial charge < -0.3 is 5.32 Å². The second-order valence-corrected chi connectivity index (χ2v) is 5.93. The lowest BCUT2D eigenvalue weighted by Gasteiger charge is -2.15. The van der Waals surface area contributed by atoms with E-state index in [4.69, 9.17) is 11.6 Å². The van der Waals surface area contributed by atoms with Gasteiger partial charge in [-0.3, -0.25) is 9.89 Å². The van der Waals surface area contributed by atoms with Crippen LogP contribution in [0.4, 0.5) is 5.82 Å². The fourth-order valence-electron chi connectivity index (χ4n) is 2.20. The smallest absolute Gasteiger partial charge is 0.235 e. The Kier molecular flexibility index (Phi) is 3.24. The molecule has 2 N–H and O–H groups in total. The maximum absolute atomic E-state index is 11.7. The number of thioether (sulfide) groups is 1. The highest BCUT2D eigenvalue weighted by Gasteiger charge is 2.28. The van der Waals surface area contributed by atoms with Crippen LogP contribution in [0.15, 0.2) is 24.3 Å². The molecule has 1 aromatic heterocycles. The van der Waals surface area contributed by atoms with Crippen LogP contribution < -0.4 is 5.32 Å². The molecular formula is C13H12ClN3OS. The van der Waals surface area contributed by atoms with Gasteiger partial charge in [0.15, 0.2) is 5.82 Å². The van der Waals surface area contributed by atoms with E-state index in [1.54, 1.807) is 11.8 Å². The number of carbonyl (C=O) groups excluding carboxylic acids is 1. The number of nitrogens with zero attached hydrogens (tertiary/aromatic N) is 1. The van der Waals surface area contributed by atoms with Gasteiger partial charge in [-0.25, -0.2) is 0 Å². The van der Waals surface area contributed by atoms with E-state index in [1.165, 1.54) is 0 Å². The van der Waals surface area contributed by atoms with E-state index in [0.717, 1.165) is 16.8 Å². The Hall–Kier alpha value is -1.46. The largest absolute Gasteiger partial charge is 0.308 e. The zero-order valence-corrected chi connectivity index (χ0v) is 11.8. The summed E-state index contributed by atoms with van der Waals surface area (Å²) in [5.41, 5.74) is 3.08. The third-order valence-electron chi connectivity index (χ3n) is 3.05. The summed E-state index contributed by atoms with van der Waals surface area (Å²) < 4.78 is 0. The van der Waals surface area contributed by atoms with Crippen molar-refractivity contribution in [3.63, 3.8) is 0 Å². The lowest BCUT2D eigenvalue weighted by Crippen LogP contribution is -2.12. The van der Waals surface area contributed by atoms with E-state index in [9.17, 15) is 4.79 Å². The Morgan fingerprint density at radius 1 is 1.47 bits per heavy atom. The van der Waals surface area contributed by atoms with E-state index in [0.29, 0.717) is 16.6 Å². The Labute approximate surface area is 119 Å². The van der Waals surface area contributed by atoms with Gasteiger partial charge in [-0.15, -0.1) is 11.8 Å². The number of aryl methyl sites for hydroxylation is 1. The summed E-state index contributed by atoms with van der Waals surface area (Å²) in [6.45, 7) is 1.96. The predicted octanol–water partition coefficient (Wildman–Crippen LogP) is 3.15. The Balaban J connectivity index is 2.11. The minimum Gasteiger partial charge on any atom is -0.308 e. The van der Waals surface area contributed by atoms with Crippen molar-refractivity contribution in [3.8, 4) is 0 Å². The molecular weight excluding hydrogens is 282 g/mol. The van der Waals surface area contributed by atoms with Gasteiger partial charge in [-0.2, -0.15) is 5.10 Å². The van der Waals surface area contributed by atoms with Crippen LogP contribution >= 0.6 is 23.4 Å². The number of amides is 1. The first-order valence-corrected chi connectivity index (χ1v) is 7.29. The van der Waals surface area contributed by atoms with Crippen molar-refractivity contribution >= 4 is 35.1 Å². The first kappa shape index (κ1) is 12.6. The Morgan fingerprint density at radius 2 is 2.32 bits per heavy atom. The van der Waals surface area contributed by atoms with Gasteiger partial charge in [-0.05, 0) is 24.6 Å². The summed E-state index contributed by atoms with van der Waals surface area (Å²) in [4.78, 5) is 11.7. The van der Waals surface area contributed by atoms with Crippen LogP contribution in [0, 0.1) is 6.92 Å². The van der Waals surface area contributed by atoms with Crippen LogP contribution in [-0.4, -0.2) is 21.9 Å². The number of hydrogen-bond donors (Lipinski definition) is 2. The molecule has 1 aromatic carbocycles. The highest BCUT2D eigenvalue weighted by molar-refractivity contribution is 8.00. The summed E-state index contributed by atoms with van der Waals surface area (Å²) in [5.74, 6) is 1.01. The van der Waals surface area contributed by atoms with Crippen LogP contribution in [-0.2, 0) is 4.79 Å². The molecule has 0 unspecified atom stereocenters. The number of hydrogen-bond acceptors (Lipinski definition) is 3. The molecule has 2 heterocycles. The molecule has 1 aliphatic heterocycles. The van der Waals surface area contributed by atoms with Crippen LogP contribution in [0.5, 0.6) is 0 Å². The maximum Gasteiger partial charge on any atom is 0.235 e. The molecule has 19 heavy (non-hydrogen) atoms. The molecule has 0 bridgehead atoms. The molecule has 2 aromatic rings. The number of fused-ring (bicyclic) bond motifs is 1. The quantitative estimate of drug-likeness (QED) is 0.849. The van der Waals surface area contributed by atoms with E-state index in [1.807, 2.05) is 31.2 Å². The zero-order chi connectivity index (χ0) is 13.4. The summed E-state index contributed by atoms with van der Waals surface area (Å²) in [6.07, 6.45) is 0. The van der Waals surface area contributed by atoms with Gasteiger partial charge in [0.05, 0.1) is 11.0 Å². The monoisotopic (exact) mass is 293 g/mol. The van der Waals surface area contributed by atoms with Crippen LogP contribution in [0.3, 0.4) is 0 Å². The number of aromatic amines is 1. The van der Waals surface area contributed by atoms with Gasteiger partial charge >= 0.3 is 0 Å². The minimum atomic E-state index is -0.0257. The van der Waals surface area contributed by atoms with Gasteiger partial charge in [0.2, 0.25) is 5.91 Å². The molecule has 0 spiro atoms. The van der Waals surface area contributed by atoms with Gasteiger partial charge in [0.25, 0.3) is 0 Å². The standard InChI is InChI=1S/C13H12ClN3OS/c1-7-11-12(8-3-2-4-9(14)5-8)19-6-10(18)15-13(11)17-16-7/h2-5,12H,6H2,1H3,(H2,15,16,17,18)/t12-/m1/s1. The molecule has 1 aliphatic rings. The number of benzene rings is 1. The molecule has 98 valence electrons. The van der Waals surface area contributed by atoms with Crippen LogP contribution in [0.25, 0.3) is 0 Å². The molecule has 0 fully saturated rings. The lowest BCUT2D eigenvalue weighted by molar-refractivity contribution is -0.113. The second kappa shape index (κ2) is 4.90. The number of rotatable bonds is 1. The number of halogens is 1. The third kappa shape index (κ3) is 2.35. The average molecular weight is 294 g/mol. The SMILES string of the molecule is Cc1[nH]nc2c1[C@@H](c1cccc(Cl)c1)SCC(=O)N2. The van der Waals surface area contributed by atoms with Crippen LogP contribution in [0.2, 0.25) is 5.02 Å². The number of H-pyrrole nitrogens is 1. The molecule has 6 heteroatoms. The van der Waals surface area contributed by atoms with Gasteiger partial charge in [-0.1, -0.05) is 23.7 Å². The van der Waals surface area contributed by atoms with Crippen molar-refractivity contribution in [2.75, 3.05) is 11.1 Å².